The lowest BCUT2D eigenvalue weighted by molar-refractivity contribution is -0.0897. The summed E-state index contributed by atoms with van der Waals surface area (Å²) in [7, 11) is 0. The fourth-order valence-electron chi connectivity index (χ4n) is 3.61. The first-order valence-electron chi connectivity index (χ1n) is 10.1. The molecular formula is C22H29FN4O2. The highest BCUT2D eigenvalue weighted by Gasteiger charge is 2.49. The lowest BCUT2D eigenvalue weighted by Gasteiger charge is -2.35. The Kier molecular flexibility index (Phi) is 5.31. The molecule has 156 valence electrons. The zero-order valence-electron chi connectivity index (χ0n) is 17.6. The van der Waals surface area contributed by atoms with Crippen LogP contribution in [0.3, 0.4) is 0 Å². The Morgan fingerprint density at radius 2 is 1.69 bits per heavy atom. The summed E-state index contributed by atoms with van der Waals surface area (Å²) in [6.45, 7) is 12.2. The van der Waals surface area contributed by atoms with Gasteiger partial charge in [-0.1, -0.05) is 0 Å². The molecule has 4 heterocycles. The first kappa shape index (κ1) is 20.2. The molecule has 2 aliphatic rings. The van der Waals surface area contributed by atoms with Crippen LogP contribution in [0.1, 0.15) is 45.1 Å². The molecule has 0 N–H and O–H groups in total. The topological polar surface area (TPSA) is 50.7 Å². The van der Waals surface area contributed by atoms with Crippen LogP contribution in [-0.4, -0.2) is 52.2 Å². The summed E-state index contributed by atoms with van der Waals surface area (Å²) >= 11 is 0. The Labute approximate surface area is 171 Å². The van der Waals surface area contributed by atoms with E-state index in [4.69, 9.17) is 9.47 Å². The molecule has 0 aliphatic carbocycles. The lowest BCUT2D eigenvalue weighted by atomic mass is 9.90. The number of hydrogen-bond donors (Lipinski definition) is 0. The molecule has 2 aliphatic heterocycles. The van der Waals surface area contributed by atoms with Crippen LogP contribution < -0.4 is 4.90 Å². The fraction of sp³-hybridized carbons (Fsp3) is 0.545. The van der Waals surface area contributed by atoms with Crippen LogP contribution in [0.5, 0.6) is 0 Å². The van der Waals surface area contributed by atoms with Crippen LogP contribution in [0.4, 0.5) is 10.2 Å². The van der Waals surface area contributed by atoms with Crippen LogP contribution in [-0.2, 0) is 16.0 Å². The predicted molar refractivity (Wildman–Crippen MR) is 109 cm³/mol. The van der Waals surface area contributed by atoms with E-state index in [1.54, 1.807) is 6.20 Å². The first-order valence-corrected chi connectivity index (χ1v) is 10.1. The van der Waals surface area contributed by atoms with Crippen molar-refractivity contribution in [1.82, 2.24) is 14.9 Å². The van der Waals surface area contributed by atoms with Crippen molar-refractivity contribution in [3.05, 3.63) is 53.7 Å². The number of hydrogen-bond acceptors (Lipinski definition) is 6. The van der Waals surface area contributed by atoms with E-state index in [1.165, 1.54) is 12.3 Å². The molecule has 0 aromatic carbocycles. The zero-order valence-corrected chi connectivity index (χ0v) is 17.6. The quantitative estimate of drug-likeness (QED) is 0.783. The number of anilines is 1. The smallest absolute Gasteiger partial charge is 0.186 e. The highest BCUT2D eigenvalue weighted by Crippen LogP contribution is 2.44. The summed E-state index contributed by atoms with van der Waals surface area (Å²) in [6, 6.07) is 5.47. The third kappa shape index (κ3) is 4.13. The average Bonchev–Trinajstić information content (AvgIpc) is 2.92. The molecule has 0 spiro atoms. The molecule has 2 aromatic heterocycles. The van der Waals surface area contributed by atoms with Gasteiger partial charge in [0.15, 0.2) is 6.29 Å². The monoisotopic (exact) mass is 400 g/mol. The van der Waals surface area contributed by atoms with Crippen LogP contribution >= 0.6 is 0 Å². The van der Waals surface area contributed by atoms with Crippen LogP contribution in [0.15, 0.2) is 36.8 Å². The molecule has 2 fully saturated rings. The van der Waals surface area contributed by atoms with Crippen molar-refractivity contribution in [2.75, 3.05) is 31.1 Å². The van der Waals surface area contributed by atoms with Crippen LogP contribution in [0, 0.1) is 5.82 Å². The molecule has 0 unspecified atom stereocenters. The SMILES string of the molecule is CC1(C)OC(c2ccc(N3CCN(Cc4cnccc4F)CC3)nc2)OC1(C)C. The first-order chi connectivity index (χ1) is 13.7. The molecule has 0 amide bonds. The standard InChI is InChI=1S/C22H29FN4O2/c1-21(2)22(3,4)29-20(28-21)16-5-6-19(25-14-16)27-11-9-26(10-12-27)15-17-13-24-8-7-18(17)23/h5-8,13-14,20H,9-12,15H2,1-4H3. The highest BCUT2D eigenvalue weighted by molar-refractivity contribution is 5.40. The average molecular weight is 400 g/mol. The second-order valence-corrected chi connectivity index (χ2v) is 8.77. The van der Waals surface area contributed by atoms with Gasteiger partial charge in [0.1, 0.15) is 11.6 Å². The maximum atomic E-state index is 13.8. The number of pyridine rings is 2. The fourth-order valence-corrected chi connectivity index (χ4v) is 3.61. The maximum Gasteiger partial charge on any atom is 0.186 e. The van der Waals surface area contributed by atoms with Crippen LogP contribution in [0.2, 0.25) is 0 Å². The van der Waals surface area contributed by atoms with Gasteiger partial charge in [-0.05, 0) is 45.9 Å². The third-order valence-electron chi connectivity index (χ3n) is 6.23. The molecule has 4 rings (SSSR count). The number of aromatic nitrogens is 2. The number of ether oxygens (including phenoxy) is 2. The number of piperazine rings is 1. The minimum Gasteiger partial charge on any atom is -0.354 e. The normalized spacial score (nSPS) is 22.2. The van der Waals surface area contributed by atoms with Gasteiger partial charge in [0.05, 0.1) is 11.2 Å². The Morgan fingerprint density at radius 1 is 1.00 bits per heavy atom. The second kappa shape index (κ2) is 7.63. The zero-order chi connectivity index (χ0) is 20.6. The number of nitrogens with zero attached hydrogens (tertiary/aromatic N) is 4. The number of rotatable bonds is 4. The molecular weight excluding hydrogens is 371 g/mol. The van der Waals surface area contributed by atoms with Crippen molar-refractivity contribution in [3.8, 4) is 0 Å². The highest BCUT2D eigenvalue weighted by atomic mass is 19.1. The Bertz CT molecular complexity index is 832. The maximum absolute atomic E-state index is 13.8. The van der Waals surface area contributed by atoms with E-state index < -0.39 is 6.29 Å². The minimum absolute atomic E-state index is 0.192. The summed E-state index contributed by atoms with van der Waals surface area (Å²) in [6.07, 6.45) is 4.54. The van der Waals surface area contributed by atoms with E-state index >= 15 is 0 Å². The minimum atomic E-state index is -0.396. The molecule has 0 radical (unpaired) electrons. The molecule has 0 atom stereocenters. The molecule has 0 bridgehead atoms. The summed E-state index contributed by atoms with van der Waals surface area (Å²) in [5, 5.41) is 0. The number of halogens is 1. The van der Waals surface area contributed by atoms with Gasteiger partial charge in [-0.15, -0.1) is 0 Å². The van der Waals surface area contributed by atoms with Crippen molar-refractivity contribution in [1.29, 1.82) is 0 Å². The van der Waals surface area contributed by atoms with E-state index in [-0.39, 0.29) is 17.0 Å². The Balaban J connectivity index is 1.34. The van der Waals surface area contributed by atoms with Crippen molar-refractivity contribution in [3.63, 3.8) is 0 Å². The van der Waals surface area contributed by atoms with E-state index in [0.717, 1.165) is 37.6 Å². The molecule has 6 nitrogen and oxygen atoms in total. The van der Waals surface area contributed by atoms with E-state index in [2.05, 4.69) is 19.8 Å². The second-order valence-electron chi connectivity index (χ2n) is 8.77. The van der Waals surface area contributed by atoms with Gasteiger partial charge in [-0.2, -0.15) is 0 Å². The summed E-state index contributed by atoms with van der Waals surface area (Å²) in [5.74, 6) is 0.750. The van der Waals surface area contributed by atoms with Crippen molar-refractivity contribution in [2.45, 2.75) is 51.7 Å². The van der Waals surface area contributed by atoms with Crippen molar-refractivity contribution < 1.29 is 13.9 Å². The van der Waals surface area contributed by atoms with Gasteiger partial charge < -0.3 is 14.4 Å². The van der Waals surface area contributed by atoms with E-state index in [1.807, 2.05) is 46.0 Å². The molecule has 2 aromatic rings. The van der Waals surface area contributed by atoms with Gasteiger partial charge in [-0.3, -0.25) is 9.88 Å². The van der Waals surface area contributed by atoms with Gasteiger partial charge in [0.2, 0.25) is 0 Å². The van der Waals surface area contributed by atoms with E-state index in [9.17, 15) is 4.39 Å². The molecule has 0 saturated carbocycles. The third-order valence-corrected chi connectivity index (χ3v) is 6.23. The molecule has 29 heavy (non-hydrogen) atoms. The molecule has 2 saturated heterocycles. The summed E-state index contributed by atoms with van der Waals surface area (Å²) in [5.41, 5.74) is 0.852. The largest absolute Gasteiger partial charge is 0.354 e. The van der Waals surface area contributed by atoms with Crippen molar-refractivity contribution >= 4 is 5.82 Å². The van der Waals surface area contributed by atoms with Crippen LogP contribution in [0.25, 0.3) is 0 Å². The van der Waals surface area contributed by atoms with Gasteiger partial charge in [0, 0.05) is 62.4 Å². The lowest BCUT2D eigenvalue weighted by Crippen LogP contribution is -2.46. The van der Waals surface area contributed by atoms with E-state index in [0.29, 0.717) is 12.1 Å². The van der Waals surface area contributed by atoms with Gasteiger partial charge >= 0.3 is 0 Å². The predicted octanol–water partition coefficient (Wildman–Crippen LogP) is 3.54. The van der Waals surface area contributed by atoms with Gasteiger partial charge in [-0.25, -0.2) is 9.37 Å². The summed E-state index contributed by atoms with van der Waals surface area (Å²) in [4.78, 5) is 13.2. The van der Waals surface area contributed by atoms with Crippen molar-refractivity contribution in [2.24, 2.45) is 0 Å². The molecule has 7 heteroatoms. The Hall–Kier alpha value is -2.09. The van der Waals surface area contributed by atoms with Gasteiger partial charge in [0.25, 0.3) is 0 Å². The summed E-state index contributed by atoms with van der Waals surface area (Å²) < 4.78 is 26.0. The Morgan fingerprint density at radius 3 is 2.28 bits per heavy atom.